The maximum Gasteiger partial charge on any atom is 0.460 e. The van der Waals surface area contributed by atoms with Crippen LogP contribution >= 0.6 is 0 Å². The largest absolute Gasteiger partial charge is 0.460 e. The molecule has 0 aliphatic rings. The zero-order chi connectivity index (χ0) is 18.5. The summed E-state index contributed by atoms with van der Waals surface area (Å²) in [6, 6.07) is 2.79. The van der Waals surface area contributed by atoms with Crippen LogP contribution in [0.1, 0.15) is 31.9 Å². The van der Waals surface area contributed by atoms with E-state index in [1.165, 1.54) is 0 Å². The fraction of sp³-hybridized carbons (Fsp3) is 0.571. The molecular formula is C14H13F9. The van der Waals surface area contributed by atoms with Gasteiger partial charge in [-0.3, -0.25) is 0 Å². The van der Waals surface area contributed by atoms with Crippen LogP contribution in [0.25, 0.3) is 0 Å². The van der Waals surface area contributed by atoms with Crippen molar-refractivity contribution in [3.63, 3.8) is 0 Å². The van der Waals surface area contributed by atoms with E-state index in [2.05, 4.69) is 0 Å². The minimum Gasteiger partial charge on any atom is -0.194 e. The average Bonchev–Trinajstić information content (AvgIpc) is 2.36. The maximum atomic E-state index is 13.7. The van der Waals surface area contributed by atoms with Gasteiger partial charge in [0.1, 0.15) is 0 Å². The number of rotatable bonds is 3. The molecule has 0 atom stereocenters. The Hall–Kier alpha value is -1.41. The quantitative estimate of drug-likeness (QED) is 0.594. The predicted molar refractivity (Wildman–Crippen MR) is 65.0 cm³/mol. The minimum atomic E-state index is -6.88. The number of alkyl halides is 9. The molecule has 0 spiro atoms. The summed E-state index contributed by atoms with van der Waals surface area (Å²) in [6.45, 7) is 5.02. The highest BCUT2D eigenvalue weighted by Gasteiger charge is 2.81. The molecule has 1 rings (SSSR count). The van der Waals surface area contributed by atoms with Crippen LogP contribution in [0.4, 0.5) is 39.5 Å². The van der Waals surface area contributed by atoms with Crippen LogP contribution in [0.2, 0.25) is 0 Å². The molecule has 23 heavy (non-hydrogen) atoms. The molecule has 1 aromatic carbocycles. The van der Waals surface area contributed by atoms with E-state index in [4.69, 9.17) is 0 Å². The van der Waals surface area contributed by atoms with Crippen LogP contribution in [0.3, 0.4) is 0 Å². The van der Waals surface area contributed by atoms with Gasteiger partial charge in [0.15, 0.2) is 0 Å². The van der Waals surface area contributed by atoms with Crippen molar-refractivity contribution in [1.82, 2.24) is 0 Å². The molecule has 0 fully saturated rings. The topological polar surface area (TPSA) is 0 Å². The maximum absolute atomic E-state index is 13.7. The molecule has 0 aliphatic carbocycles. The summed E-state index contributed by atoms with van der Waals surface area (Å²) >= 11 is 0. The summed E-state index contributed by atoms with van der Waals surface area (Å²) in [5.74, 6) is -19.2. The number of halogens is 9. The van der Waals surface area contributed by atoms with Crippen molar-refractivity contribution in [3.05, 3.63) is 35.4 Å². The van der Waals surface area contributed by atoms with Gasteiger partial charge in [-0.2, -0.15) is 39.5 Å². The van der Waals surface area contributed by atoms with Gasteiger partial charge in [-0.05, 0) is 11.0 Å². The van der Waals surface area contributed by atoms with E-state index in [0.29, 0.717) is 17.7 Å². The molecule has 0 N–H and O–H groups in total. The van der Waals surface area contributed by atoms with Gasteiger partial charge in [0.2, 0.25) is 0 Å². The smallest absolute Gasteiger partial charge is 0.194 e. The van der Waals surface area contributed by atoms with Gasteiger partial charge in [-0.25, -0.2) is 0 Å². The van der Waals surface area contributed by atoms with Crippen molar-refractivity contribution in [1.29, 1.82) is 0 Å². The van der Waals surface area contributed by atoms with Gasteiger partial charge in [0.25, 0.3) is 0 Å². The second-order valence-electron chi connectivity index (χ2n) is 6.05. The summed E-state index contributed by atoms with van der Waals surface area (Å²) in [4.78, 5) is 0. The van der Waals surface area contributed by atoms with Crippen molar-refractivity contribution in [2.75, 3.05) is 0 Å². The lowest BCUT2D eigenvalue weighted by Gasteiger charge is -2.34. The molecular weight excluding hydrogens is 339 g/mol. The molecule has 9 heteroatoms. The molecule has 1 aromatic rings. The summed E-state index contributed by atoms with van der Waals surface area (Å²) in [5, 5.41) is 0. The first-order valence-corrected chi connectivity index (χ1v) is 6.27. The van der Waals surface area contributed by atoms with Gasteiger partial charge < -0.3 is 0 Å². The Morgan fingerprint density at radius 2 is 0.913 bits per heavy atom. The van der Waals surface area contributed by atoms with Crippen molar-refractivity contribution < 1.29 is 39.5 Å². The lowest BCUT2D eigenvalue weighted by molar-refractivity contribution is -0.399. The van der Waals surface area contributed by atoms with E-state index in [9.17, 15) is 39.5 Å². The zero-order valence-corrected chi connectivity index (χ0v) is 12.2. The predicted octanol–water partition coefficient (Wildman–Crippen LogP) is 5.91. The van der Waals surface area contributed by atoms with Crippen molar-refractivity contribution in [3.8, 4) is 0 Å². The highest BCUT2D eigenvalue weighted by molar-refractivity contribution is 5.31. The van der Waals surface area contributed by atoms with Crippen molar-refractivity contribution in [2.24, 2.45) is 0 Å². The molecule has 0 radical (unpaired) electrons. The van der Waals surface area contributed by atoms with E-state index >= 15 is 0 Å². The van der Waals surface area contributed by atoms with Crippen LogP contribution in [-0.4, -0.2) is 18.0 Å². The minimum absolute atomic E-state index is 0.418. The SMILES string of the molecule is CC(C)(C)c1ccc(C(F)(F)C(F)(F)C(F)(F)C(F)(F)F)cc1. The molecule has 0 aliphatic heterocycles. The lowest BCUT2D eigenvalue weighted by Crippen LogP contribution is -2.59. The summed E-state index contributed by atoms with van der Waals surface area (Å²) in [6.07, 6.45) is -6.81. The second-order valence-corrected chi connectivity index (χ2v) is 6.05. The van der Waals surface area contributed by atoms with Gasteiger partial charge in [-0.15, -0.1) is 0 Å². The Balaban J connectivity index is 3.35. The van der Waals surface area contributed by atoms with Gasteiger partial charge in [-0.1, -0.05) is 45.0 Å². The third-order valence-electron chi connectivity index (χ3n) is 3.26. The van der Waals surface area contributed by atoms with Crippen molar-refractivity contribution in [2.45, 2.75) is 50.1 Å². The molecule has 0 unspecified atom stereocenters. The Bertz CT molecular complexity index is 547. The fourth-order valence-corrected chi connectivity index (χ4v) is 1.74. The Kier molecular flexibility index (Phi) is 4.53. The van der Waals surface area contributed by atoms with Crippen LogP contribution in [0, 0.1) is 0 Å². The molecule has 0 heterocycles. The first-order chi connectivity index (χ1) is 9.96. The third-order valence-corrected chi connectivity index (χ3v) is 3.26. The van der Waals surface area contributed by atoms with E-state index < -0.39 is 34.9 Å². The standard InChI is InChI=1S/C14H13F9/c1-10(2,3)8-4-6-9(7-5-8)11(15,16)12(17,18)13(19,20)14(21,22)23/h4-7H,1-3H3. The van der Waals surface area contributed by atoms with E-state index in [1.54, 1.807) is 20.8 Å². The highest BCUT2D eigenvalue weighted by atomic mass is 19.4. The molecule has 0 saturated heterocycles. The monoisotopic (exact) mass is 352 g/mol. The van der Waals surface area contributed by atoms with Crippen LogP contribution in [0.5, 0.6) is 0 Å². The molecule has 132 valence electrons. The van der Waals surface area contributed by atoms with Gasteiger partial charge in [0.05, 0.1) is 0 Å². The number of hydrogen-bond donors (Lipinski definition) is 0. The second kappa shape index (κ2) is 5.31. The van der Waals surface area contributed by atoms with Crippen molar-refractivity contribution >= 4 is 0 Å². The van der Waals surface area contributed by atoms with Gasteiger partial charge >= 0.3 is 23.9 Å². The Morgan fingerprint density at radius 1 is 0.565 bits per heavy atom. The van der Waals surface area contributed by atoms with Gasteiger partial charge in [0, 0.05) is 5.56 Å². The summed E-state index contributed by atoms with van der Waals surface area (Å²) < 4.78 is 116. The fourth-order valence-electron chi connectivity index (χ4n) is 1.74. The number of hydrogen-bond acceptors (Lipinski definition) is 0. The normalized spacial score (nSPS) is 15.0. The average molecular weight is 352 g/mol. The highest BCUT2D eigenvalue weighted by Crippen LogP contribution is 2.56. The molecule has 0 aromatic heterocycles. The Morgan fingerprint density at radius 3 is 1.22 bits per heavy atom. The van der Waals surface area contributed by atoms with E-state index in [-0.39, 0.29) is 0 Å². The van der Waals surface area contributed by atoms with Crippen LogP contribution in [0.15, 0.2) is 24.3 Å². The van der Waals surface area contributed by atoms with Crippen LogP contribution in [-0.2, 0) is 11.3 Å². The summed E-state index contributed by atoms with van der Waals surface area (Å²) in [5.41, 5.74) is -1.76. The molecule has 0 bridgehead atoms. The lowest BCUT2D eigenvalue weighted by atomic mass is 9.85. The first kappa shape index (κ1) is 19.6. The third kappa shape index (κ3) is 3.14. The van der Waals surface area contributed by atoms with E-state index in [1.807, 2.05) is 0 Å². The summed E-state index contributed by atoms with van der Waals surface area (Å²) in [7, 11) is 0. The zero-order valence-electron chi connectivity index (χ0n) is 12.2. The van der Waals surface area contributed by atoms with Crippen LogP contribution < -0.4 is 0 Å². The molecule has 0 nitrogen and oxygen atoms in total. The van der Waals surface area contributed by atoms with E-state index in [0.717, 1.165) is 12.1 Å². The molecule has 0 amide bonds. The number of benzene rings is 1. The molecule has 0 saturated carbocycles. The Labute approximate surface area is 126 Å². The first-order valence-electron chi connectivity index (χ1n) is 6.27.